The molecule has 0 bridgehead atoms. The van der Waals surface area contributed by atoms with Crippen LogP contribution in [0.15, 0.2) is 36.4 Å². The molecule has 0 heterocycles. The molecule has 0 atom stereocenters. The maximum absolute atomic E-state index is 13.3. The number of nitrogens with zero attached hydrogens (tertiary/aromatic N) is 1. The summed E-state index contributed by atoms with van der Waals surface area (Å²) in [4.78, 5) is 1.74. The minimum atomic E-state index is -4.35. The molecular weight excluding hydrogens is 402 g/mol. The van der Waals surface area contributed by atoms with E-state index in [1.54, 1.807) is 31.1 Å². The molecule has 5 heteroatoms. The average Bonchev–Trinajstić information content (AvgIpc) is 2.40. The lowest BCUT2D eigenvalue weighted by Gasteiger charge is -2.18. The van der Waals surface area contributed by atoms with Crippen LogP contribution in [0.4, 0.5) is 13.2 Å². The summed E-state index contributed by atoms with van der Waals surface area (Å²) < 4.78 is 41.0. The molecule has 0 aliphatic heterocycles. The zero-order chi connectivity index (χ0) is 16.5. The first-order valence-electron chi connectivity index (χ1n) is 6.80. The Hall–Kier alpha value is -1.08. The Bertz CT molecular complexity index is 678. The van der Waals surface area contributed by atoms with Gasteiger partial charge in [0.1, 0.15) is 0 Å². The zero-order valence-electron chi connectivity index (χ0n) is 12.6. The number of halogens is 4. The Morgan fingerprint density at radius 1 is 1.00 bits per heavy atom. The summed E-state index contributed by atoms with van der Waals surface area (Å²) in [6.45, 7) is 2.24. The largest absolute Gasteiger partial charge is 0.416 e. The van der Waals surface area contributed by atoms with Gasteiger partial charge in [0.05, 0.1) is 5.56 Å². The van der Waals surface area contributed by atoms with Crippen LogP contribution >= 0.6 is 22.6 Å². The first kappa shape index (κ1) is 17.3. The molecule has 0 saturated carbocycles. The third kappa shape index (κ3) is 4.01. The van der Waals surface area contributed by atoms with Gasteiger partial charge in [0.15, 0.2) is 0 Å². The summed E-state index contributed by atoms with van der Waals surface area (Å²) in [7, 11) is 3.52. The van der Waals surface area contributed by atoms with E-state index in [2.05, 4.69) is 22.6 Å². The van der Waals surface area contributed by atoms with E-state index in [1.165, 1.54) is 6.07 Å². The fraction of sp³-hybridized carbons (Fsp3) is 0.294. The van der Waals surface area contributed by atoms with E-state index in [4.69, 9.17) is 0 Å². The van der Waals surface area contributed by atoms with Gasteiger partial charge >= 0.3 is 6.18 Å². The van der Waals surface area contributed by atoms with Gasteiger partial charge in [-0.2, -0.15) is 13.2 Å². The molecule has 2 aromatic rings. The van der Waals surface area contributed by atoms with Gasteiger partial charge in [0, 0.05) is 10.1 Å². The van der Waals surface area contributed by atoms with Crippen LogP contribution in [0.25, 0.3) is 11.1 Å². The topological polar surface area (TPSA) is 3.24 Å². The second kappa shape index (κ2) is 6.58. The number of hydrogen-bond donors (Lipinski definition) is 0. The first-order chi connectivity index (χ1) is 10.2. The number of aryl methyl sites for hydroxylation is 1. The summed E-state index contributed by atoms with van der Waals surface area (Å²) in [5, 5.41) is 0. The normalized spacial score (nSPS) is 12.0. The van der Waals surface area contributed by atoms with E-state index in [1.807, 2.05) is 25.1 Å². The van der Waals surface area contributed by atoms with Crippen LogP contribution in [0, 0.1) is 10.5 Å². The maximum Gasteiger partial charge on any atom is 0.416 e. The Morgan fingerprint density at radius 3 is 2.14 bits per heavy atom. The number of hydrogen-bond acceptors (Lipinski definition) is 1. The van der Waals surface area contributed by atoms with E-state index >= 15 is 0 Å². The molecule has 22 heavy (non-hydrogen) atoms. The summed E-state index contributed by atoms with van der Waals surface area (Å²) >= 11 is 2.20. The monoisotopic (exact) mass is 419 g/mol. The van der Waals surface area contributed by atoms with Crippen molar-refractivity contribution in [3.63, 3.8) is 0 Å². The van der Waals surface area contributed by atoms with Crippen molar-refractivity contribution in [2.75, 3.05) is 14.1 Å². The molecule has 0 N–H and O–H groups in total. The van der Waals surface area contributed by atoms with Gasteiger partial charge in [-0.1, -0.05) is 24.3 Å². The molecule has 0 aromatic heterocycles. The van der Waals surface area contributed by atoms with Gasteiger partial charge in [-0.05, 0) is 78.0 Å². The summed E-state index contributed by atoms with van der Waals surface area (Å²) in [6.07, 6.45) is -4.35. The third-order valence-corrected chi connectivity index (χ3v) is 4.57. The zero-order valence-corrected chi connectivity index (χ0v) is 14.8. The van der Waals surface area contributed by atoms with Crippen molar-refractivity contribution in [2.45, 2.75) is 19.6 Å². The van der Waals surface area contributed by atoms with Crippen LogP contribution < -0.4 is 0 Å². The average molecular weight is 419 g/mol. The van der Waals surface area contributed by atoms with Crippen LogP contribution in [0.1, 0.15) is 16.7 Å². The van der Waals surface area contributed by atoms with Crippen molar-refractivity contribution in [3.8, 4) is 11.1 Å². The molecule has 2 aromatic carbocycles. The van der Waals surface area contributed by atoms with Crippen molar-refractivity contribution in [3.05, 3.63) is 56.7 Å². The molecule has 0 aliphatic carbocycles. The molecule has 0 fully saturated rings. The highest BCUT2D eigenvalue weighted by molar-refractivity contribution is 14.1. The molecule has 0 unspecified atom stereocenters. The lowest BCUT2D eigenvalue weighted by atomic mass is 9.98. The van der Waals surface area contributed by atoms with E-state index in [9.17, 15) is 13.2 Å². The van der Waals surface area contributed by atoms with Crippen molar-refractivity contribution in [1.29, 1.82) is 0 Å². The second-order valence-corrected chi connectivity index (χ2v) is 6.73. The Kier molecular flexibility index (Phi) is 5.17. The summed E-state index contributed by atoms with van der Waals surface area (Å²) in [6, 6.07) is 10.3. The SMILES string of the molecule is Cc1ccc(-c2ccc(CN(C)C)c(C(F)(F)F)c2)cc1I. The third-order valence-electron chi connectivity index (χ3n) is 3.41. The second-order valence-electron chi connectivity index (χ2n) is 5.57. The maximum atomic E-state index is 13.3. The summed E-state index contributed by atoms with van der Waals surface area (Å²) in [5.74, 6) is 0. The quantitative estimate of drug-likeness (QED) is 0.607. The minimum Gasteiger partial charge on any atom is -0.305 e. The first-order valence-corrected chi connectivity index (χ1v) is 7.87. The molecule has 0 amide bonds. The predicted octanol–water partition coefficient (Wildman–Crippen LogP) is 5.35. The van der Waals surface area contributed by atoms with Crippen LogP contribution in [0.5, 0.6) is 0 Å². The molecule has 0 spiro atoms. The standard InChI is InChI=1S/C17H17F3IN/c1-11-4-5-13(9-16(11)21)12-6-7-14(10-22(2)3)15(8-12)17(18,19)20/h4-9H,10H2,1-3H3. The van der Waals surface area contributed by atoms with Gasteiger partial charge in [0.2, 0.25) is 0 Å². The lowest BCUT2D eigenvalue weighted by Crippen LogP contribution is -2.16. The molecule has 1 nitrogen and oxygen atoms in total. The van der Waals surface area contributed by atoms with E-state index in [0.29, 0.717) is 11.1 Å². The molecule has 0 saturated heterocycles. The van der Waals surface area contributed by atoms with Gasteiger partial charge in [-0.3, -0.25) is 0 Å². The van der Waals surface area contributed by atoms with E-state index in [0.717, 1.165) is 14.7 Å². The van der Waals surface area contributed by atoms with Crippen molar-refractivity contribution >= 4 is 22.6 Å². The molecule has 0 radical (unpaired) electrons. The Balaban J connectivity index is 2.52. The van der Waals surface area contributed by atoms with Gasteiger partial charge in [-0.15, -0.1) is 0 Å². The molecule has 0 aliphatic rings. The highest BCUT2D eigenvalue weighted by Gasteiger charge is 2.33. The van der Waals surface area contributed by atoms with Crippen LogP contribution in [0.3, 0.4) is 0 Å². The fourth-order valence-corrected chi connectivity index (χ4v) is 2.79. The van der Waals surface area contributed by atoms with Crippen LogP contribution in [-0.2, 0) is 12.7 Å². The fourth-order valence-electron chi connectivity index (χ4n) is 2.27. The van der Waals surface area contributed by atoms with Crippen molar-refractivity contribution in [1.82, 2.24) is 4.90 Å². The number of benzene rings is 2. The predicted molar refractivity (Wildman–Crippen MR) is 91.7 cm³/mol. The lowest BCUT2D eigenvalue weighted by molar-refractivity contribution is -0.138. The van der Waals surface area contributed by atoms with Crippen LogP contribution in [0.2, 0.25) is 0 Å². The van der Waals surface area contributed by atoms with Gasteiger partial charge in [0.25, 0.3) is 0 Å². The van der Waals surface area contributed by atoms with E-state index < -0.39 is 11.7 Å². The Labute approximate surface area is 142 Å². The molecular formula is C17H17F3IN. The summed E-state index contributed by atoms with van der Waals surface area (Å²) in [5.41, 5.74) is 2.24. The van der Waals surface area contributed by atoms with E-state index in [-0.39, 0.29) is 6.54 Å². The highest BCUT2D eigenvalue weighted by Crippen LogP contribution is 2.35. The molecule has 118 valence electrons. The van der Waals surface area contributed by atoms with Crippen molar-refractivity contribution < 1.29 is 13.2 Å². The number of alkyl halides is 3. The highest BCUT2D eigenvalue weighted by atomic mass is 127. The van der Waals surface area contributed by atoms with Crippen molar-refractivity contribution in [2.24, 2.45) is 0 Å². The van der Waals surface area contributed by atoms with Gasteiger partial charge in [-0.25, -0.2) is 0 Å². The van der Waals surface area contributed by atoms with Gasteiger partial charge < -0.3 is 4.90 Å². The number of rotatable bonds is 3. The van der Waals surface area contributed by atoms with Crippen LogP contribution in [-0.4, -0.2) is 19.0 Å². The smallest absolute Gasteiger partial charge is 0.305 e. The Morgan fingerprint density at radius 2 is 1.59 bits per heavy atom. The molecule has 2 rings (SSSR count). The minimum absolute atomic E-state index is 0.264.